The van der Waals surface area contributed by atoms with Gasteiger partial charge in [-0.2, -0.15) is 0 Å². The molecule has 0 heterocycles. The zero-order chi connectivity index (χ0) is 6.83. The summed E-state index contributed by atoms with van der Waals surface area (Å²) in [6, 6.07) is 0. The second-order valence-electron chi connectivity index (χ2n) is 1.23. The predicted molar refractivity (Wildman–Crippen MR) is 31.7 cm³/mol. The van der Waals surface area contributed by atoms with Crippen LogP contribution in [0.15, 0.2) is 0 Å². The number of unbranched alkanes of at least 4 members (excludes halogenated alkanes) is 1. The normalized spacial score (nSPS) is 6.75. The molecule has 0 aromatic carbocycles. The second kappa shape index (κ2) is 16.2. The molecule has 8 heavy (non-hydrogen) atoms. The second-order valence-corrected chi connectivity index (χ2v) is 1.23. The molecule has 0 bridgehead atoms. The Hall–Kier alpha value is -0.640. The van der Waals surface area contributed by atoms with E-state index in [1.165, 1.54) is 12.8 Å². The van der Waals surface area contributed by atoms with E-state index in [2.05, 4.69) is 6.92 Å². The maximum absolute atomic E-state index is 8.12. The number of nitrogens with one attached hydrogen (secondary N) is 1. The molecule has 0 saturated heterocycles. The third kappa shape index (κ3) is 55.1. The zero-order valence-corrected chi connectivity index (χ0v) is 5.02. The maximum atomic E-state index is 8.12. The molecule has 0 aliphatic heterocycles. The molecule has 50 valence electrons. The van der Waals surface area contributed by atoms with Crippen molar-refractivity contribution in [1.29, 1.82) is 0 Å². The van der Waals surface area contributed by atoms with Crippen LogP contribution in [0, 0.1) is 10.1 Å². The van der Waals surface area contributed by atoms with Gasteiger partial charge in [0.1, 0.15) is 0 Å². The van der Waals surface area contributed by atoms with Crippen molar-refractivity contribution in [2.45, 2.75) is 19.8 Å². The van der Waals surface area contributed by atoms with Crippen LogP contribution < -0.4 is 11.1 Å². The highest BCUT2D eigenvalue weighted by atomic mass is 16.6. The third-order valence-corrected chi connectivity index (χ3v) is 0.558. The molecule has 0 spiro atoms. The van der Waals surface area contributed by atoms with E-state index >= 15 is 0 Å². The molecule has 3 N–H and O–H groups in total. The lowest BCUT2D eigenvalue weighted by atomic mass is 10.3. The fraction of sp³-hybridized carbons (Fsp3) is 1.00. The summed E-state index contributed by atoms with van der Waals surface area (Å²) in [6.45, 7) is 2.98. The monoisotopic (exact) mass is 120 g/mol. The lowest BCUT2D eigenvalue weighted by Crippen LogP contribution is -2.53. The van der Waals surface area contributed by atoms with Gasteiger partial charge in [-0.05, 0) is 13.0 Å². The van der Waals surface area contributed by atoms with Crippen LogP contribution in [0.2, 0.25) is 0 Å². The molecule has 0 aliphatic rings. The molecule has 0 aromatic rings. The van der Waals surface area contributed by atoms with Crippen LogP contribution in [-0.2, 0) is 0 Å². The minimum Gasteiger partial charge on any atom is -0.330 e. The average Bonchev–Trinajstić information content (AvgIpc) is 1.71. The van der Waals surface area contributed by atoms with Gasteiger partial charge < -0.3 is 5.73 Å². The maximum Gasteiger partial charge on any atom is 0.00366 e. The summed E-state index contributed by atoms with van der Waals surface area (Å²) in [7, 11) is 0. The van der Waals surface area contributed by atoms with Crippen molar-refractivity contribution in [2.75, 3.05) is 6.54 Å². The molecule has 0 aromatic heterocycles. The van der Waals surface area contributed by atoms with Crippen LogP contribution >= 0.6 is 0 Å². The molecule has 0 unspecified atom stereocenters. The average molecular weight is 120 g/mol. The zero-order valence-electron chi connectivity index (χ0n) is 5.02. The molecule has 0 rings (SSSR count). The Labute approximate surface area is 48.6 Å². The van der Waals surface area contributed by atoms with Gasteiger partial charge in [-0.25, -0.2) is 0 Å². The summed E-state index contributed by atoms with van der Waals surface area (Å²) in [5.41, 5.74) is 5.14. The number of rotatable bonds is 2. The minimum atomic E-state index is 0.250. The van der Waals surface area contributed by atoms with Crippen molar-refractivity contribution in [3.63, 3.8) is 0 Å². The first-order chi connectivity index (χ1) is 3.83. The van der Waals surface area contributed by atoms with E-state index in [1.807, 2.05) is 0 Å². The predicted octanol–water partition coefficient (Wildman–Crippen LogP) is -0.924. The first-order valence-corrected chi connectivity index (χ1v) is 2.52. The van der Waals surface area contributed by atoms with E-state index in [-0.39, 0.29) is 5.34 Å². The van der Waals surface area contributed by atoms with E-state index in [1.54, 1.807) is 0 Å². The van der Waals surface area contributed by atoms with E-state index in [0.717, 1.165) is 6.54 Å². The molecular weight excluding hydrogens is 108 g/mol. The van der Waals surface area contributed by atoms with Crippen molar-refractivity contribution in [3.05, 3.63) is 10.1 Å². The SMILES string of the molecule is CCCCN.O=[NH+][O-]. The van der Waals surface area contributed by atoms with Gasteiger partial charge in [-0.3, -0.25) is 10.1 Å². The summed E-state index contributed by atoms with van der Waals surface area (Å²) in [6.07, 6.45) is 2.39. The molecule has 0 saturated carbocycles. The van der Waals surface area contributed by atoms with Gasteiger partial charge in [0, 0.05) is 5.34 Å². The van der Waals surface area contributed by atoms with Crippen molar-refractivity contribution < 1.29 is 5.34 Å². The Morgan fingerprint density at radius 1 is 1.75 bits per heavy atom. The largest absolute Gasteiger partial charge is 0.330 e. The number of nitrogens with two attached hydrogens (primary N) is 1. The Morgan fingerprint density at radius 2 is 2.12 bits per heavy atom. The third-order valence-electron chi connectivity index (χ3n) is 0.558. The van der Waals surface area contributed by atoms with Crippen molar-refractivity contribution >= 4 is 0 Å². The molecule has 0 fully saturated rings. The highest BCUT2D eigenvalue weighted by molar-refractivity contribution is 4.29. The molecule has 4 nitrogen and oxygen atoms in total. The lowest BCUT2D eigenvalue weighted by Gasteiger charge is -1.80. The van der Waals surface area contributed by atoms with Gasteiger partial charge in [0.05, 0.1) is 0 Å². The van der Waals surface area contributed by atoms with Gasteiger partial charge in [0.2, 0.25) is 0 Å². The number of hydrogen-bond donors (Lipinski definition) is 2. The van der Waals surface area contributed by atoms with Crippen LogP contribution in [0.1, 0.15) is 19.8 Å². The molecular formula is C4H12N2O2. The smallest absolute Gasteiger partial charge is 0.00366 e. The van der Waals surface area contributed by atoms with Gasteiger partial charge in [-0.15, -0.1) is 0 Å². The first-order valence-electron chi connectivity index (χ1n) is 2.52. The van der Waals surface area contributed by atoms with Gasteiger partial charge in [-0.1, -0.05) is 13.3 Å². The fourth-order valence-corrected chi connectivity index (χ4v) is 0.204. The van der Waals surface area contributed by atoms with Crippen molar-refractivity contribution in [1.82, 2.24) is 0 Å². The van der Waals surface area contributed by atoms with Crippen molar-refractivity contribution in [3.8, 4) is 0 Å². The highest BCUT2D eigenvalue weighted by Gasteiger charge is 1.67. The topological polar surface area (TPSA) is 80.1 Å². The van der Waals surface area contributed by atoms with E-state index in [0.29, 0.717) is 0 Å². The first kappa shape index (κ1) is 10.4. The van der Waals surface area contributed by atoms with E-state index in [4.69, 9.17) is 15.8 Å². The van der Waals surface area contributed by atoms with E-state index in [9.17, 15) is 0 Å². The van der Waals surface area contributed by atoms with Crippen LogP contribution in [0.4, 0.5) is 0 Å². The minimum absolute atomic E-state index is 0.250. The van der Waals surface area contributed by atoms with Crippen LogP contribution in [0.3, 0.4) is 0 Å². The lowest BCUT2D eigenvalue weighted by molar-refractivity contribution is -0.398. The summed E-state index contributed by atoms with van der Waals surface area (Å²) >= 11 is 0. The molecule has 0 aliphatic carbocycles. The van der Waals surface area contributed by atoms with Crippen LogP contribution in [0.25, 0.3) is 0 Å². The number of hydrogen-bond acceptors (Lipinski definition) is 3. The Morgan fingerprint density at radius 3 is 2.12 bits per heavy atom. The van der Waals surface area contributed by atoms with Gasteiger partial charge in [0.25, 0.3) is 0 Å². The molecule has 4 heteroatoms. The summed E-state index contributed by atoms with van der Waals surface area (Å²) in [5, 5.41) is 8.38. The van der Waals surface area contributed by atoms with Crippen LogP contribution in [0.5, 0.6) is 0 Å². The van der Waals surface area contributed by atoms with Gasteiger partial charge in [0.15, 0.2) is 0 Å². The Kier molecular flexibility index (Phi) is 21.0. The highest BCUT2D eigenvalue weighted by Crippen LogP contribution is 1.77. The molecule has 0 atom stereocenters. The Bertz CT molecular complexity index is 39.0. The van der Waals surface area contributed by atoms with E-state index < -0.39 is 0 Å². The quantitative estimate of drug-likeness (QED) is 0.365. The summed E-state index contributed by atoms with van der Waals surface area (Å²) in [4.78, 5) is 8.12. The molecule has 0 amide bonds. The van der Waals surface area contributed by atoms with Crippen LogP contribution in [-0.4, -0.2) is 6.54 Å². The summed E-state index contributed by atoms with van der Waals surface area (Å²) < 4.78 is 0. The molecule has 0 radical (unpaired) electrons. The standard InChI is InChI=1S/C4H11N.HNO2/c1-2-3-4-5;2-1-3/h2-5H2,1H3;1H. The summed E-state index contributed by atoms with van der Waals surface area (Å²) in [5.74, 6) is 0. The van der Waals surface area contributed by atoms with Gasteiger partial charge >= 0.3 is 0 Å². The fourth-order valence-electron chi connectivity index (χ4n) is 0.204. The Balaban J connectivity index is 0. The van der Waals surface area contributed by atoms with Crippen molar-refractivity contribution in [2.24, 2.45) is 5.73 Å².